The lowest BCUT2D eigenvalue weighted by Crippen LogP contribution is -2.32. The second-order valence-corrected chi connectivity index (χ2v) is 10.7. The van der Waals surface area contributed by atoms with Gasteiger partial charge in [0.1, 0.15) is 10.4 Å². The molecule has 5 rings (SSSR count). The third kappa shape index (κ3) is 5.26. The molecular weight excluding hydrogens is 474 g/mol. The Bertz CT molecular complexity index is 1390. The third-order valence-corrected chi connectivity index (χ3v) is 7.51. The van der Waals surface area contributed by atoms with Crippen molar-refractivity contribution in [2.45, 2.75) is 33.1 Å². The number of anilines is 1. The SMILES string of the molecule is CC1=NN(/C(=N/c2nnc(C)s2)Nc2ccc(C)c(C)c2)C(c2ccc(-c3ccncc3)cc2)S1. The van der Waals surface area contributed by atoms with Crippen LogP contribution in [0.1, 0.15) is 34.0 Å². The van der Waals surface area contributed by atoms with Crippen LogP contribution in [-0.2, 0) is 0 Å². The fourth-order valence-electron chi connectivity index (χ4n) is 3.70. The number of thioether (sulfide) groups is 1. The fourth-order valence-corrected chi connectivity index (χ4v) is 5.26. The second-order valence-electron chi connectivity index (χ2n) is 8.25. The molecule has 35 heavy (non-hydrogen) atoms. The Labute approximate surface area is 213 Å². The van der Waals surface area contributed by atoms with E-state index in [-0.39, 0.29) is 5.37 Å². The van der Waals surface area contributed by atoms with Crippen molar-refractivity contribution >= 4 is 44.9 Å². The Hall–Kier alpha value is -3.56. The molecule has 1 N–H and O–H groups in total. The minimum absolute atomic E-state index is 0.0618. The van der Waals surface area contributed by atoms with Crippen LogP contribution in [0, 0.1) is 20.8 Å². The van der Waals surface area contributed by atoms with Crippen molar-refractivity contribution in [3.8, 4) is 11.1 Å². The van der Waals surface area contributed by atoms with E-state index >= 15 is 0 Å². The number of pyridine rings is 1. The van der Waals surface area contributed by atoms with Crippen molar-refractivity contribution in [3.05, 3.63) is 88.7 Å². The van der Waals surface area contributed by atoms with E-state index < -0.39 is 0 Å². The summed E-state index contributed by atoms with van der Waals surface area (Å²) in [4.78, 5) is 8.95. The molecule has 1 unspecified atom stereocenters. The minimum atomic E-state index is -0.0618. The van der Waals surface area contributed by atoms with Crippen LogP contribution in [0.5, 0.6) is 0 Å². The average Bonchev–Trinajstić information content (AvgIpc) is 3.46. The van der Waals surface area contributed by atoms with Crippen molar-refractivity contribution in [3.63, 3.8) is 0 Å². The molecule has 0 spiro atoms. The molecule has 4 aromatic rings. The number of nitrogens with one attached hydrogen (secondary N) is 1. The van der Waals surface area contributed by atoms with Crippen LogP contribution >= 0.6 is 23.1 Å². The molecule has 0 saturated heterocycles. The number of aromatic nitrogens is 3. The zero-order chi connectivity index (χ0) is 24.4. The Balaban J connectivity index is 1.49. The number of aliphatic imine (C=N–C) groups is 1. The number of guanidine groups is 1. The predicted molar refractivity (Wildman–Crippen MR) is 146 cm³/mol. The first-order valence-electron chi connectivity index (χ1n) is 11.2. The molecule has 9 heteroatoms. The van der Waals surface area contributed by atoms with Crippen molar-refractivity contribution in [2.75, 3.05) is 5.32 Å². The topological polar surface area (TPSA) is 78.7 Å². The number of hydrazone groups is 1. The summed E-state index contributed by atoms with van der Waals surface area (Å²) in [5.41, 5.74) is 6.82. The fraction of sp³-hybridized carbons (Fsp3) is 0.192. The first-order valence-corrected chi connectivity index (χ1v) is 12.9. The maximum atomic E-state index is 4.83. The van der Waals surface area contributed by atoms with E-state index in [1.807, 2.05) is 43.4 Å². The molecule has 0 fully saturated rings. The third-order valence-electron chi connectivity index (χ3n) is 5.66. The van der Waals surface area contributed by atoms with E-state index in [4.69, 9.17) is 10.1 Å². The van der Waals surface area contributed by atoms with Gasteiger partial charge in [-0.2, -0.15) is 10.1 Å². The van der Waals surface area contributed by atoms with Crippen molar-refractivity contribution in [2.24, 2.45) is 10.1 Å². The van der Waals surface area contributed by atoms with E-state index in [0.29, 0.717) is 11.1 Å². The van der Waals surface area contributed by atoms with Gasteiger partial charge in [0.2, 0.25) is 11.1 Å². The first kappa shape index (κ1) is 23.2. The Kier molecular flexibility index (Phi) is 6.61. The highest BCUT2D eigenvalue weighted by molar-refractivity contribution is 8.14. The standard InChI is InChI=1S/C26H25N7S2/c1-16-5-10-23(15-17(16)2)28-25(29-26-31-30-18(3)35-26)33-24(34-19(4)32-33)22-8-6-20(7-9-22)21-11-13-27-14-12-21/h5-15,24H,1-4H3,(H,28,29,31). The summed E-state index contributed by atoms with van der Waals surface area (Å²) in [7, 11) is 0. The highest BCUT2D eigenvalue weighted by atomic mass is 32.2. The molecule has 0 aliphatic carbocycles. The number of benzene rings is 2. The van der Waals surface area contributed by atoms with Crippen LogP contribution in [-0.4, -0.2) is 31.2 Å². The lowest BCUT2D eigenvalue weighted by molar-refractivity contribution is 0.438. The molecule has 3 heterocycles. The molecule has 2 aromatic heterocycles. The zero-order valence-electron chi connectivity index (χ0n) is 19.9. The summed E-state index contributed by atoms with van der Waals surface area (Å²) >= 11 is 3.15. The van der Waals surface area contributed by atoms with E-state index in [2.05, 4.69) is 76.8 Å². The van der Waals surface area contributed by atoms with E-state index in [9.17, 15) is 0 Å². The average molecular weight is 500 g/mol. The predicted octanol–water partition coefficient (Wildman–Crippen LogP) is 6.71. The molecule has 0 saturated carbocycles. The van der Waals surface area contributed by atoms with Crippen LogP contribution < -0.4 is 5.32 Å². The molecule has 1 atom stereocenters. The molecular formula is C26H25N7S2. The molecule has 0 amide bonds. The highest BCUT2D eigenvalue weighted by Crippen LogP contribution is 2.40. The largest absolute Gasteiger partial charge is 0.324 e. The molecule has 2 aromatic carbocycles. The van der Waals surface area contributed by atoms with Crippen LogP contribution in [0.3, 0.4) is 0 Å². The van der Waals surface area contributed by atoms with Crippen molar-refractivity contribution in [1.82, 2.24) is 20.2 Å². The van der Waals surface area contributed by atoms with Gasteiger partial charge in [-0.25, -0.2) is 5.01 Å². The number of rotatable bonds is 4. The maximum Gasteiger partial charge on any atom is 0.234 e. The number of nitrogens with zero attached hydrogens (tertiary/aromatic N) is 6. The van der Waals surface area contributed by atoms with Gasteiger partial charge in [0.15, 0.2) is 0 Å². The summed E-state index contributed by atoms with van der Waals surface area (Å²) in [6, 6.07) is 18.9. The summed E-state index contributed by atoms with van der Waals surface area (Å²) in [6.07, 6.45) is 3.62. The zero-order valence-corrected chi connectivity index (χ0v) is 21.6. The van der Waals surface area contributed by atoms with Gasteiger partial charge in [0.05, 0.1) is 5.04 Å². The van der Waals surface area contributed by atoms with Gasteiger partial charge >= 0.3 is 0 Å². The Morgan fingerprint density at radius 3 is 2.31 bits per heavy atom. The van der Waals surface area contributed by atoms with Gasteiger partial charge in [-0.15, -0.1) is 10.2 Å². The van der Waals surface area contributed by atoms with Crippen LogP contribution in [0.15, 0.2) is 77.1 Å². The molecule has 1 aliphatic heterocycles. The molecule has 0 radical (unpaired) electrons. The van der Waals surface area contributed by atoms with Crippen LogP contribution in [0.25, 0.3) is 11.1 Å². The minimum Gasteiger partial charge on any atom is -0.324 e. The Morgan fingerprint density at radius 2 is 1.63 bits per heavy atom. The van der Waals surface area contributed by atoms with Gasteiger partial charge in [0, 0.05) is 18.1 Å². The smallest absolute Gasteiger partial charge is 0.234 e. The van der Waals surface area contributed by atoms with Gasteiger partial charge in [0.25, 0.3) is 0 Å². The summed E-state index contributed by atoms with van der Waals surface area (Å²) in [5.74, 6) is 0.608. The molecule has 0 bridgehead atoms. The molecule has 176 valence electrons. The molecule has 7 nitrogen and oxygen atoms in total. The second kappa shape index (κ2) is 9.97. The van der Waals surface area contributed by atoms with Crippen LogP contribution in [0.4, 0.5) is 10.8 Å². The van der Waals surface area contributed by atoms with Gasteiger partial charge in [-0.05, 0) is 79.8 Å². The monoisotopic (exact) mass is 499 g/mol. The quantitative estimate of drug-likeness (QED) is 0.248. The van der Waals surface area contributed by atoms with Gasteiger partial charge < -0.3 is 5.32 Å². The lowest BCUT2D eigenvalue weighted by atomic mass is 10.1. The normalized spacial score (nSPS) is 15.9. The van der Waals surface area contributed by atoms with E-state index in [1.54, 1.807) is 11.8 Å². The number of aryl methyl sites for hydroxylation is 3. The van der Waals surface area contributed by atoms with E-state index in [0.717, 1.165) is 32.4 Å². The van der Waals surface area contributed by atoms with Crippen LogP contribution in [0.2, 0.25) is 0 Å². The molecule has 1 aliphatic rings. The van der Waals surface area contributed by atoms with Gasteiger partial charge in [-0.1, -0.05) is 53.4 Å². The van der Waals surface area contributed by atoms with Crippen molar-refractivity contribution < 1.29 is 0 Å². The summed E-state index contributed by atoms with van der Waals surface area (Å²) in [5, 5.41) is 21.0. The maximum absolute atomic E-state index is 4.83. The van der Waals surface area contributed by atoms with Crippen molar-refractivity contribution in [1.29, 1.82) is 0 Å². The van der Waals surface area contributed by atoms with E-state index in [1.165, 1.54) is 22.5 Å². The first-order chi connectivity index (χ1) is 17.0. The number of hydrogen-bond acceptors (Lipinski definition) is 7. The summed E-state index contributed by atoms with van der Waals surface area (Å²) in [6.45, 7) is 8.15. The Morgan fingerprint density at radius 1 is 0.886 bits per heavy atom. The van der Waals surface area contributed by atoms with Gasteiger partial charge in [-0.3, -0.25) is 4.98 Å². The highest BCUT2D eigenvalue weighted by Gasteiger charge is 2.31. The number of hydrogen-bond donors (Lipinski definition) is 1. The lowest BCUT2D eigenvalue weighted by Gasteiger charge is -2.25. The summed E-state index contributed by atoms with van der Waals surface area (Å²) < 4.78 is 0.